The van der Waals surface area contributed by atoms with Crippen LogP contribution in [-0.2, 0) is 9.59 Å². The summed E-state index contributed by atoms with van der Waals surface area (Å²) in [6.07, 6.45) is 4.59. The molecule has 1 aliphatic carbocycles. The highest BCUT2D eigenvalue weighted by molar-refractivity contribution is 5.97. The van der Waals surface area contributed by atoms with Crippen molar-refractivity contribution in [2.45, 2.75) is 12.8 Å². The zero-order chi connectivity index (χ0) is 7.40. The first kappa shape index (κ1) is 6.90. The van der Waals surface area contributed by atoms with Crippen LogP contribution in [0.1, 0.15) is 12.8 Å². The van der Waals surface area contributed by atoms with E-state index in [2.05, 4.69) is 4.99 Å². The molecule has 1 rings (SSSR count). The van der Waals surface area contributed by atoms with Gasteiger partial charge in [-0.25, -0.2) is 9.79 Å². The molecule has 0 saturated carbocycles. The molecule has 52 valence electrons. The van der Waals surface area contributed by atoms with Crippen LogP contribution in [0.2, 0.25) is 0 Å². The lowest BCUT2D eigenvalue weighted by Gasteiger charge is -1.89. The standard InChI is InChI=1S/C7H7NO2/c9-5-8-4-6-2-1-3-7(6)10/h2H,1,3-4H2. The summed E-state index contributed by atoms with van der Waals surface area (Å²) in [5.41, 5.74) is 0.656. The molecule has 0 heterocycles. The smallest absolute Gasteiger partial charge is 0.235 e. The lowest BCUT2D eigenvalue weighted by molar-refractivity contribution is -0.114. The van der Waals surface area contributed by atoms with Crippen LogP contribution in [0.25, 0.3) is 0 Å². The first-order valence-electron chi connectivity index (χ1n) is 3.10. The molecular weight excluding hydrogens is 130 g/mol. The van der Waals surface area contributed by atoms with E-state index < -0.39 is 0 Å². The summed E-state index contributed by atoms with van der Waals surface area (Å²) < 4.78 is 0. The highest BCUT2D eigenvalue weighted by Crippen LogP contribution is 2.13. The Hall–Kier alpha value is -1.21. The lowest BCUT2D eigenvalue weighted by atomic mass is 10.2. The molecule has 0 aromatic rings. The summed E-state index contributed by atoms with van der Waals surface area (Å²) in [6, 6.07) is 0. The van der Waals surface area contributed by atoms with Crippen LogP contribution < -0.4 is 0 Å². The second kappa shape index (κ2) is 3.08. The Labute approximate surface area is 58.5 Å². The topological polar surface area (TPSA) is 46.5 Å². The number of carbonyl (C=O) groups is 1. The summed E-state index contributed by atoms with van der Waals surface area (Å²) in [7, 11) is 0. The van der Waals surface area contributed by atoms with Crippen LogP contribution in [0.5, 0.6) is 0 Å². The first-order chi connectivity index (χ1) is 4.84. The molecule has 0 N–H and O–H groups in total. The molecular formula is C7H7NO2. The van der Waals surface area contributed by atoms with E-state index in [1.165, 1.54) is 6.08 Å². The Morgan fingerprint density at radius 1 is 1.70 bits per heavy atom. The van der Waals surface area contributed by atoms with Crippen LogP contribution >= 0.6 is 0 Å². The number of hydrogen-bond donors (Lipinski definition) is 0. The Balaban J connectivity index is 2.55. The lowest BCUT2D eigenvalue weighted by Crippen LogP contribution is -1.98. The van der Waals surface area contributed by atoms with E-state index in [9.17, 15) is 9.59 Å². The van der Waals surface area contributed by atoms with Crippen LogP contribution in [0, 0.1) is 0 Å². The number of isocyanates is 1. The van der Waals surface area contributed by atoms with Gasteiger partial charge in [-0.15, -0.1) is 0 Å². The van der Waals surface area contributed by atoms with Crippen molar-refractivity contribution < 1.29 is 9.59 Å². The van der Waals surface area contributed by atoms with Crippen molar-refractivity contribution in [3.8, 4) is 0 Å². The van der Waals surface area contributed by atoms with Crippen molar-refractivity contribution in [3.05, 3.63) is 11.6 Å². The van der Waals surface area contributed by atoms with Gasteiger partial charge in [0.05, 0.1) is 6.54 Å². The number of ketones is 1. The SMILES string of the molecule is O=C=NCC1=CCCC1=O. The average molecular weight is 137 g/mol. The van der Waals surface area contributed by atoms with Crippen molar-refractivity contribution in [1.29, 1.82) is 0 Å². The summed E-state index contributed by atoms with van der Waals surface area (Å²) in [5.74, 6) is 0.110. The van der Waals surface area contributed by atoms with Crippen molar-refractivity contribution in [1.82, 2.24) is 0 Å². The number of Topliss-reactive ketones (excluding diaryl/α,β-unsaturated/α-hetero) is 1. The second-order valence-electron chi connectivity index (χ2n) is 2.10. The molecule has 0 atom stereocenters. The third kappa shape index (κ3) is 1.39. The number of allylic oxidation sites excluding steroid dienone is 1. The molecule has 0 fully saturated rings. The summed E-state index contributed by atoms with van der Waals surface area (Å²) in [6.45, 7) is 0.211. The second-order valence-corrected chi connectivity index (χ2v) is 2.10. The minimum atomic E-state index is 0.110. The molecule has 0 radical (unpaired) electrons. The van der Waals surface area contributed by atoms with Crippen LogP contribution in [0.15, 0.2) is 16.6 Å². The van der Waals surface area contributed by atoms with E-state index in [4.69, 9.17) is 0 Å². The average Bonchev–Trinajstić information content (AvgIpc) is 2.31. The fourth-order valence-electron chi connectivity index (χ4n) is 0.922. The Kier molecular flexibility index (Phi) is 2.13. The highest BCUT2D eigenvalue weighted by Gasteiger charge is 2.13. The highest BCUT2D eigenvalue weighted by atomic mass is 16.1. The van der Waals surface area contributed by atoms with Gasteiger partial charge in [-0.05, 0) is 6.42 Å². The van der Waals surface area contributed by atoms with Crippen LogP contribution in [0.4, 0.5) is 0 Å². The normalized spacial score (nSPS) is 16.4. The van der Waals surface area contributed by atoms with Gasteiger partial charge in [0, 0.05) is 12.0 Å². The molecule has 0 aliphatic heterocycles. The molecule has 10 heavy (non-hydrogen) atoms. The molecule has 0 aromatic carbocycles. The maximum Gasteiger partial charge on any atom is 0.235 e. The van der Waals surface area contributed by atoms with Gasteiger partial charge in [0.2, 0.25) is 6.08 Å². The van der Waals surface area contributed by atoms with Gasteiger partial charge in [0.25, 0.3) is 0 Å². The number of hydrogen-bond acceptors (Lipinski definition) is 3. The van der Waals surface area contributed by atoms with Crippen molar-refractivity contribution in [2.24, 2.45) is 4.99 Å². The largest absolute Gasteiger partial charge is 0.294 e. The third-order valence-electron chi connectivity index (χ3n) is 1.43. The molecule has 0 aromatic heterocycles. The Bertz CT molecular complexity index is 224. The van der Waals surface area contributed by atoms with E-state index in [1.807, 2.05) is 6.08 Å². The quantitative estimate of drug-likeness (QED) is 0.413. The molecule has 0 saturated heterocycles. The van der Waals surface area contributed by atoms with Gasteiger partial charge in [-0.2, -0.15) is 0 Å². The van der Waals surface area contributed by atoms with Crippen LogP contribution in [-0.4, -0.2) is 18.4 Å². The summed E-state index contributed by atoms with van der Waals surface area (Å²) in [5, 5.41) is 0. The van der Waals surface area contributed by atoms with Crippen molar-refractivity contribution in [3.63, 3.8) is 0 Å². The number of carbonyl (C=O) groups excluding carboxylic acids is 2. The maximum atomic E-state index is 10.8. The fourth-order valence-corrected chi connectivity index (χ4v) is 0.922. The molecule has 0 spiro atoms. The van der Waals surface area contributed by atoms with E-state index in [0.717, 1.165) is 6.42 Å². The predicted octanol–water partition coefficient (Wildman–Crippen LogP) is 0.611. The fraction of sp³-hybridized carbons (Fsp3) is 0.429. The van der Waals surface area contributed by atoms with Gasteiger partial charge >= 0.3 is 0 Å². The zero-order valence-corrected chi connectivity index (χ0v) is 5.46. The molecule has 0 amide bonds. The predicted molar refractivity (Wildman–Crippen MR) is 35.3 cm³/mol. The number of aliphatic imine (C=N–C) groups is 1. The molecule has 1 aliphatic rings. The van der Waals surface area contributed by atoms with E-state index in [-0.39, 0.29) is 12.3 Å². The van der Waals surface area contributed by atoms with E-state index >= 15 is 0 Å². The van der Waals surface area contributed by atoms with Gasteiger partial charge in [0.1, 0.15) is 0 Å². The van der Waals surface area contributed by atoms with E-state index in [0.29, 0.717) is 12.0 Å². The molecule has 0 unspecified atom stereocenters. The first-order valence-corrected chi connectivity index (χ1v) is 3.10. The van der Waals surface area contributed by atoms with Crippen molar-refractivity contribution in [2.75, 3.05) is 6.54 Å². The monoisotopic (exact) mass is 137 g/mol. The zero-order valence-electron chi connectivity index (χ0n) is 5.46. The third-order valence-corrected chi connectivity index (χ3v) is 1.43. The van der Waals surface area contributed by atoms with Gasteiger partial charge < -0.3 is 0 Å². The molecule has 0 bridgehead atoms. The maximum absolute atomic E-state index is 10.8. The Morgan fingerprint density at radius 2 is 2.50 bits per heavy atom. The number of rotatable bonds is 2. The van der Waals surface area contributed by atoms with Gasteiger partial charge in [-0.3, -0.25) is 4.79 Å². The van der Waals surface area contributed by atoms with Gasteiger partial charge in [0.15, 0.2) is 5.78 Å². The minimum Gasteiger partial charge on any atom is -0.294 e. The minimum absolute atomic E-state index is 0.110. The van der Waals surface area contributed by atoms with Crippen LogP contribution in [0.3, 0.4) is 0 Å². The summed E-state index contributed by atoms with van der Waals surface area (Å²) >= 11 is 0. The molecule has 3 nitrogen and oxygen atoms in total. The van der Waals surface area contributed by atoms with Gasteiger partial charge in [-0.1, -0.05) is 6.08 Å². The van der Waals surface area contributed by atoms with Crippen molar-refractivity contribution >= 4 is 11.9 Å². The number of nitrogens with zero attached hydrogens (tertiary/aromatic N) is 1. The summed E-state index contributed by atoms with van der Waals surface area (Å²) in [4.78, 5) is 23.8. The Morgan fingerprint density at radius 3 is 3.00 bits per heavy atom. The van der Waals surface area contributed by atoms with E-state index in [1.54, 1.807) is 0 Å². The molecule has 3 heteroatoms.